The SMILES string of the molecule is CC1CCC(CCNC2CCC(C)CC2C)CC1. The van der Waals surface area contributed by atoms with Gasteiger partial charge in [0, 0.05) is 6.04 Å². The Labute approximate surface area is 114 Å². The van der Waals surface area contributed by atoms with Gasteiger partial charge in [-0.15, -0.1) is 0 Å². The molecule has 0 aromatic heterocycles. The lowest BCUT2D eigenvalue weighted by atomic mass is 9.79. The molecule has 0 aliphatic heterocycles. The van der Waals surface area contributed by atoms with E-state index in [1.807, 2.05) is 0 Å². The van der Waals surface area contributed by atoms with Crippen LogP contribution in [-0.4, -0.2) is 12.6 Å². The first-order valence-electron chi connectivity index (χ1n) is 8.38. The minimum atomic E-state index is 0.809. The molecule has 18 heavy (non-hydrogen) atoms. The third kappa shape index (κ3) is 4.26. The smallest absolute Gasteiger partial charge is 0.00928 e. The zero-order valence-electron chi connectivity index (χ0n) is 12.8. The average Bonchev–Trinajstić information content (AvgIpc) is 2.34. The highest BCUT2D eigenvalue weighted by Gasteiger charge is 2.25. The molecule has 2 aliphatic carbocycles. The third-order valence-corrected chi connectivity index (χ3v) is 5.53. The zero-order chi connectivity index (χ0) is 13.0. The molecule has 2 fully saturated rings. The lowest BCUT2D eigenvalue weighted by molar-refractivity contribution is 0.217. The van der Waals surface area contributed by atoms with Crippen molar-refractivity contribution in [1.82, 2.24) is 5.32 Å². The van der Waals surface area contributed by atoms with Crippen molar-refractivity contribution in [2.75, 3.05) is 6.54 Å². The molecule has 1 nitrogen and oxygen atoms in total. The minimum Gasteiger partial charge on any atom is -0.314 e. The van der Waals surface area contributed by atoms with Gasteiger partial charge in [-0.3, -0.25) is 0 Å². The first-order chi connectivity index (χ1) is 8.65. The second-order valence-corrected chi connectivity index (χ2v) is 7.37. The van der Waals surface area contributed by atoms with Crippen LogP contribution in [0.4, 0.5) is 0 Å². The summed E-state index contributed by atoms with van der Waals surface area (Å²) in [5, 5.41) is 3.85. The fourth-order valence-electron chi connectivity index (χ4n) is 4.06. The van der Waals surface area contributed by atoms with Crippen LogP contribution in [0.3, 0.4) is 0 Å². The standard InChI is InChI=1S/C17H33N/c1-13-4-7-16(8-5-13)10-11-18-17-9-6-14(2)12-15(17)3/h13-18H,4-12H2,1-3H3. The number of nitrogens with one attached hydrogen (secondary N) is 1. The Bertz CT molecular complexity index is 230. The van der Waals surface area contributed by atoms with Crippen LogP contribution in [0.25, 0.3) is 0 Å². The number of hydrogen-bond donors (Lipinski definition) is 1. The van der Waals surface area contributed by atoms with E-state index in [0.29, 0.717) is 0 Å². The van der Waals surface area contributed by atoms with E-state index in [2.05, 4.69) is 26.1 Å². The summed E-state index contributed by atoms with van der Waals surface area (Å²) in [4.78, 5) is 0. The molecular weight excluding hydrogens is 218 g/mol. The van der Waals surface area contributed by atoms with E-state index in [1.165, 1.54) is 57.9 Å². The highest BCUT2D eigenvalue weighted by Crippen LogP contribution is 2.31. The normalized spacial score (nSPS) is 41.8. The molecule has 0 saturated heterocycles. The maximum atomic E-state index is 3.85. The molecule has 0 heterocycles. The van der Waals surface area contributed by atoms with E-state index in [-0.39, 0.29) is 0 Å². The van der Waals surface area contributed by atoms with Crippen LogP contribution in [0.2, 0.25) is 0 Å². The average molecular weight is 251 g/mol. The van der Waals surface area contributed by atoms with Crippen molar-refractivity contribution in [1.29, 1.82) is 0 Å². The van der Waals surface area contributed by atoms with Gasteiger partial charge < -0.3 is 5.32 Å². The van der Waals surface area contributed by atoms with Crippen LogP contribution in [0.15, 0.2) is 0 Å². The molecule has 0 aromatic carbocycles. The molecule has 0 radical (unpaired) electrons. The Morgan fingerprint density at radius 1 is 0.833 bits per heavy atom. The van der Waals surface area contributed by atoms with Gasteiger partial charge in [-0.25, -0.2) is 0 Å². The van der Waals surface area contributed by atoms with Gasteiger partial charge in [-0.05, 0) is 55.9 Å². The zero-order valence-corrected chi connectivity index (χ0v) is 12.8. The van der Waals surface area contributed by atoms with Gasteiger partial charge >= 0.3 is 0 Å². The quantitative estimate of drug-likeness (QED) is 0.769. The predicted octanol–water partition coefficient (Wildman–Crippen LogP) is 4.62. The Balaban J connectivity index is 1.60. The lowest BCUT2D eigenvalue weighted by Gasteiger charge is -2.34. The first-order valence-corrected chi connectivity index (χ1v) is 8.38. The van der Waals surface area contributed by atoms with E-state index in [4.69, 9.17) is 0 Å². The van der Waals surface area contributed by atoms with Crippen molar-refractivity contribution in [2.24, 2.45) is 23.7 Å². The van der Waals surface area contributed by atoms with Crippen molar-refractivity contribution < 1.29 is 0 Å². The minimum absolute atomic E-state index is 0.809. The number of rotatable bonds is 4. The highest BCUT2D eigenvalue weighted by molar-refractivity contribution is 4.81. The van der Waals surface area contributed by atoms with E-state index < -0.39 is 0 Å². The Morgan fingerprint density at radius 2 is 1.50 bits per heavy atom. The van der Waals surface area contributed by atoms with Gasteiger partial charge in [0.15, 0.2) is 0 Å². The molecule has 0 aromatic rings. The van der Waals surface area contributed by atoms with Crippen LogP contribution >= 0.6 is 0 Å². The molecule has 3 atom stereocenters. The van der Waals surface area contributed by atoms with Crippen molar-refractivity contribution in [3.8, 4) is 0 Å². The van der Waals surface area contributed by atoms with Crippen LogP contribution in [-0.2, 0) is 0 Å². The molecule has 3 unspecified atom stereocenters. The Hall–Kier alpha value is -0.0400. The molecule has 0 amide bonds. The molecule has 0 bridgehead atoms. The number of hydrogen-bond acceptors (Lipinski definition) is 1. The molecular formula is C17H33N. The summed E-state index contributed by atoms with van der Waals surface area (Å²) in [7, 11) is 0. The third-order valence-electron chi connectivity index (χ3n) is 5.53. The fourth-order valence-corrected chi connectivity index (χ4v) is 4.06. The molecule has 106 valence electrons. The Morgan fingerprint density at radius 3 is 2.17 bits per heavy atom. The van der Waals surface area contributed by atoms with E-state index >= 15 is 0 Å². The molecule has 1 N–H and O–H groups in total. The maximum Gasteiger partial charge on any atom is 0.00928 e. The summed E-state index contributed by atoms with van der Waals surface area (Å²) < 4.78 is 0. The van der Waals surface area contributed by atoms with Gasteiger partial charge in [-0.2, -0.15) is 0 Å². The summed E-state index contributed by atoms with van der Waals surface area (Å²) in [5.74, 6) is 3.86. The van der Waals surface area contributed by atoms with Crippen molar-refractivity contribution in [3.05, 3.63) is 0 Å². The van der Waals surface area contributed by atoms with Gasteiger partial charge in [0.2, 0.25) is 0 Å². The van der Waals surface area contributed by atoms with E-state index in [0.717, 1.165) is 29.7 Å². The highest BCUT2D eigenvalue weighted by atomic mass is 14.9. The molecule has 1 heteroatoms. The van der Waals surface area contributed by atoms with Gasteiger partial charge in [0.05, 0.1) is 0 Å². The Kier molecular flexibility index (Phi) is 5.54. The molecule has 0 spiro atoms. The molecule has 2 aliphatic rings. The second kappa shape index (κ2) is 6.93. The monoisotopic (exact) mass is 251 g/mol. The van der Waals surface area contributed by atoms with Crippen molar-refractivity contribution in [3.63, 3.8) is 0 Å². The van der Waals surface area contributed by atoms with E-state index in [9.17, 15) is 0 Å². The summed E-state index contributed by atoms with van der Waals surface area (Å²) in [6, 6.07) is 0.809. The topological polar surface area (TPSA) is 12.0 Å². The molecule has 2 rings (SSSR count). The van der Waals surface area contributed by atoms with Crippen LogP contribution in [0, 0.1) is 23.7 Å². The van der Waals surface area contributed by atoms with Gasteiger partial charge in [-0.1, -0.05) is 46.5 Å². The summed E-state index contributed by atoms with van der Waals surface area (Å²) in [6.45, 7) is 8.54. The van der Waals surface area contributed by atoms with Crippen LogP contribution in [0.5, 0.6) is 0 Å². The predicted molar refractivity (Wildman–Crippen MR) is 79.7 cm³/mol. The van der Waals surface area contributed by atoms with Gasteiger partial charge in [0.25, 0.3) is 0 Å². The summed E-state index contributed by atoms with van der Waals surface area (Å²) in [6.07, 6.45) is 11.6. The van der Waals surface area contributed by atoms with Crippen molar-refractivity contribution >= 4 is 0 Å². The fraction of sp³-hybridized carbons (Fsp3) is 1.00. The summed E-state index contributed by atoms with van der Waals surface area (Å²) >= 11 is 0. The lowest BCUT2D eigenvalue weighted by Crippen LogP contribution is -2.40. The van der Waals surface area contributed by atoms with Crippen LogP contribution < -0.4 is 5.32 Å². The van der Waals surface area contributed by atoms with E-state index in [1.54, 1.807) is 0 Å². The second-order valence-electron chi connectivity index (χ2n) is 7.37. The van der Waals surface area contributed by atoms with Crippen LogP contribution in [0.1, 0.15) is 72.1 Å². The van der Waals surface area contributed by atoms with Crippen molar-refractivity contribution in [2.45, 2.75) is 78.2 Å². The summed E-state index contributed by atoms with van der Waals surface area (Å²) in [5.41, 5.74) is 0. The largest absolute Gasteiger partial charge is 0.314 e. The first kappa shape index (κ1) is 14.4. The van der Waals surface area contributed by atoms with Gasteiger partial charge in [0.1, 0.15) is 0 Å². The molecule has 2 saturated carbocycles. The maximum absolute atomic E-state index is 3.85.